The first kappa shape index (κ1) is 18.2. The Morgan fingerprint density at radius 1 is 0.923 bits per heavy atom. The van der Waals surface area contributed by atoms with E-state index >= 15 is 0 Å². The quantitative estimate of drug-likeness (QED) is 0.550. The molecule has 0 aliphatic rings. The van der Waals surface area contributed by atoms with Crippen molar-refractivity contribution in [3.63, 3.8) is 0 Å². The highest BCUT2D eigenvalue weighted by atomic mass is 16.2. The maximum absolute atomic E-state index is 13.1. The summed E-state index contributed by atoms with van der Waals surface area (Å²) in [4.78, 5) is 13.1. The van der Waals surface area contributed by atoms with Crippen LogP contribution in [0.15, 0.2) is 65.5 Å². The average molecular weight is 349 g/mol. The monoisotopic (exact) mass is 349 g/mol. The molecule has 0 radical (unpaired) electrons. The summed E-state index contributed by atoms with van der Waals surface area (Å²) in [7, 11) is 0. The second kappa shape index (κ2) is 8.65. The lowest BCUT2D eigenvalue weighted by atomic mass is 9.95. The molecule has 0 aliphatic heterocycles. The van der Waals surface area contributed by atoms with E-state index in [1.165, 1.54) is 5.56 Å². The molecule has 0 spiro atoms. The van der Waals surface area contributed by atoms with Crippen LogP contribution in [0.25, 0.3) is 5.69 Å². The van der Waals surface area contributed by atoms with Crippen LogP contribution in [0.2, 0.25) is 0 Å². The Morgan fingerprint density at radius 2 is 1.58 bits per heavy atom. The van der Waals surface area contributed by atoms with Crippen LogP contribution in [-0.2, 0) is 6.54 Å². The van der Waals surface area contributed by atoms with Gasteiger partial charge in [0.05, 0.1) is 5.69 Å². The molecule has 4 nitrogen and oxygen atoms in total. The minimum absolute atomic E-state index is 0.0447. The molecule has 0 aliphatic carbocycles. The van der Waals surface area contributed by atoms with E-state index in [0.717, 1.165) is 43.7 Å². The molecule has 3 aromatic rings. The van der Waals surface area contributed by atoms with Crippen molar-refractivity contribution < 1.29 is 0 Å². The van der Waals surface area contributed by atoms with Crippen molar-refractivity contribution in [2.75, 3.05) is 0 Å². The second-order valence-electron chi connectivity index (χ2n) is 6.62. The van der Waals surface area contributed by atoms with E-state index in [9.17, 15) is 4.79 Å². The van der Waals surface area contributed by atoms with E-state index < -0.39 is 0 Å². The van der Waals surface area contributed by atoms with Gasteiger partial charge in [-0.05, 0) is 30.5 Å². The first-order chi connectivity index (χ1) is 12.8. The lowest BCUT2D eigenvalue weighted by Gasteiger charge is -2.15. The van der Waals surface area contributed by atoms with Gasteiger partial charge in [-0.1, -0.05) is 75.2 Å². The maximum Gasteiger partial charge on any atom is 0.350 e. The van der Waals surface area contributed by atoms with E-state index in [4.69, 9.17) is 5.10 Å². The third kappa shape index (κ3) is 3.79. The molecule has 0 bridgehead atoms. The van der Waals surface area contributed by atoms with Gasteiger partial charge in [0.15, 0.2) is 0 Å². The minimum atomic E-state index is -0.0447. The van der Waals surface area contributed by atoms with Gasteiger partial charge >= 0.3 is 5.69 Å². The number of nitrogens with zero attached hydrogens (tertiary/aromatic N) is 3. The summed E-state index contributed by atoms with van der Waals surface area (Å²) in [6.45, 7) is 5.05. The van der Waals surface area contributed by atoms with Crippen LogP contribution < -0.4 is 5.69 Å². The third-order valence-electron chi connectivity index (χ3n) is 4.80. The fourth-order valence-corrected chi connectivity index (χ4v) is 3.39. The van der Waals surface area contributed by atoms with Gasteiger partial charge in [-0.25, -0.2) is 4.79 Å². The van der Waals surface area contributed by atoms with Gasteiger partial charge in [-0.3, -0.25) is 4.57 Å². The van der Waals surface area contributed by atoms with Crippen LogP contribution in [0.5, 0.6) is 0 Å². The first-order valence-corrected chi connectivity index (χ1v) is 9.56. The van der Waals surface area contributed by atoms with E-state index in [1.54, 1.807) is 4.68 Å². The van der Waals surface area contributed by atoms with E-state index in [-0.39, 0.29) is 11.6 Å². The topological polar surface area (TPSA) is 39.8 Å². The molecule has 4 heteroatoms. The molecule has 0 fully saturated rings. The molecule has 1 heterocycles. The standard InChI is InChI=1S/C22H27N3O/c1-3-5-12-17-24-21(20(4-2)18-13-8-6-9-14-18)23-25(22(24)26)19-15-10-7-11-16-19/h6-11,13-16,20H,3-5,12,17H2,1-2H3. The third-order valence-corrected chi connectivity index (χ3v) is 4.80. The maximum atomic E-state index is 13.1. The van der Waals surface area contributed by atoms with Crippen LogP contribution in [0.4, 0.5) is 0 Å². The second-order valence-corrected chi connectivity index (χ2v) is 6.62. The molecule has 0 saturated carbocycles. The van der Waals surface area contributed by atoms with Gasteiger partial charge in [-0.2, -0.15) is 4.68 Å². The number of unbranched alkanes of at least 4 members (excludes halogenated alkanes) is 2. The highest BCUT2D eigenvalue weighted by Crippen LogP contribution is 2.26. The van der Waals surface area contributed by atoms with Gasteiger partial charge in [0.1, 0.15) is 5.82 Å². The van der Waals surface area contributed by atoms with Crippen molar-refractivity contribution in [2.45, 2.75) is 52.0 Å². The van der Waals surface area contributed by atoms with Crippen LogP contribution in [0, 0.1) is 0 Å². The fraction of sp³-hybridized carbons (Fsp3) is 0.364. The summed E-state index contributed by atoms with van der Waals surface area (Å²) in [6, 6.07) is 20.0. The Morgan fingerprint density at radius 3 is 2.19 bits per heavy atom. The van der Waals surface area contributed by atoms with Crippen molar-refractivity contribution in [1.82, 2.24) is 14.3 Å². The van der Waals surface area contributed by atoms with Gasteiger partial charge in [0.2, 0.25) is 0 Å². The lowest BCUT2D eigenvalue weighted by Crippen LogP contribution is -2.25. The molecule has 1 aromatic heterocycles. The zero-order chi connectivity index (χ0) is 18.4. The number of hydrogen-bond donors (Lipinski definition) is 0. The molecule has 26 heavy (non-hydrogen) atoms. The van der Waals surface area contributed by atoms with Crippen LogP contribution in [0.1, 0.15) is 56.8 Å². The Labute approximate surface area is 155 Å². The summed E-state index contributed by atoms with van der Waals surface area (Å²) in [5.74, 6) is 0.985. The number of aromatic nitrogens is 3. The Kier molecular flexibility index (Phi) is 6.05. The summed E-state index contributed by atoms with van der Waals surface area (Å²) in [6.07, 6.45) is 4.15. The van der Waals surface area contributed by atoms with Crippen molar-refractivity contribution >= 4 is 0 Å². The van der Waals surface area contributed by atoms with Crippen molar-refractivity contribution in [3.05, 3.63) is 82.5 Å². The normalized spacial score (nSPS) is 12.2. The molecular formula is C22H27N3O. The summed E-state index contributed by atoms with van der Waals surface area (Å²) in [5.41, 5.74) is 1.98. The summed E-state index contributed by atoms with van der Waals surface area (Å²) < 4.78 is 3.43. The Balaban J connectivity index is 2.08. The van der Waals surface area contributed by atoms with Crippen LogP contribution >= 0.6 is 0 Å². The Bertz CT molecular complexity index is 865. The summed E-state index contributed by atoms with van der Waals surface area (Å²) >= 11 is 0. The van der Waals surface area contributed by atoms with Gasteiger partial charge in [0.25, 0.3) is 0 Å². The van der Waals surface area contributed by atoms with Crippen LogP contribution in [0.3, 0.4) is 0 Å². The highest BCUT2D eigenvalue weighted by Gasteiger charge is 2.22. The molecule has 3 rings (SSSR count). The largest absolute Gasteiger partial charge is 0.350 e. The molecule has 0 saturated heterocycles. The highest BCUT2D eigenvalue weighted by molar-refractivity contribution is 5.31. The van der Waals surface area contributed by atoms with E-state index in [2.05, 4.69) is 26.0 Å². The number of para-hydroxylation sites is 1. The molecule has 1 unspecified atom stereocenters. The Hall–Kier alpha value is -2.62. The lowest BCUT2D eigenvalue weighted by molar-refractivity contribution is 0.548. The van der Waals surface area contributed by atoms with Crippen molar-refractivity contribution in [3.8, 4) is 5.69 Å². The molecule has 136 valence electrons. The molecule has 1 atom stereocenters. The predicted octanol–water partition coefficient (Wildman–Crippen LogP) is 4.77. The SMILES string of the molecule is CCCCCn1c(C(CC)c2ccccc2)nn(-c2ccccc2)c1=O. The van der Waals surface area contributed by atoms with Crippen molar-refractivity contribution in [1.29, 1.82) is 0 Å². The molecule has 2 aromatic carbocycles. The van der Waals surface area contributed by atoms with E-state index in [0.29, 0.717) is 0 Å². The smallest absolute Gasteiger partial charge is 0.278 e. The summed E-state index contributed by atoms with van der Waals surface area (Å²) in [5, 5.41) is 4.77. The van der Waals surface area contributed by atoms with Crippen LogP contribution in [-0.4, -0.2) is 14.3 Å². The van der Waals surface area contributed by atoms with Gasteiger partial charge in [-0.15, -0.1) is 5.10 Å². The van der Waals surface area contributed by atoms with Gasteiger partial charge < -0.3 is 0 Å². The zero-order valence-corrected chi connectivity index (χ0v) is 15.6. The van der Waals surface area contributed by atoms with E-state index in [1.807, 2.05) is 53.1 Å². The van der Waals surface area contributed by atoms with Crippen molar-refractivity contribution in [2.24, 2.45) is 0 Å². The minimum Gasteiger partial charge on any atom is -0.278 e. The fourth-order valence-electron chi connectivity index (χ4n) is 3.39. The molecular weight excluding hydrogens is 322 g/mol. The molecule has 0 amide bonds. The van der Waals surface area contributed by atoms with Gasteiger partial charge in [0, 0.05) is 12.5 Å². The number of benzene rings is 2. The first-order valence-electron chi connectivity index (χ1n) is 9.56. The number of hydrogen-bond acceptors (Lipinski definition) is 2. The average Bonchev–Trinajstić information content (AvgIpc) is 3.01. The predicted molar refractivity (Wildman–Crippen MR) is 106 cm³/mol. The zero-order valence-electron chi connectivity index (χ0n) is 15.6. The number of rotatable bonds is 8. The molecule has 0 N–H and O–H groups in total.